The molecule has 2 aliphatic heterocycles. The van der Waals surface area contributed by atoms with Gasteiger partial charge in [0.05, 0.1) is 17.4 Å². The Morgan fingerprint density at radius 3 is 2.59 bits per heavy atom. The largest absolute Gasteiger partial charge is 0.417 e. The van der Waals surface area contributed by atoms with Gasteiger partial charge in [0.2, 0.25) is 0 Å². The highest BCUT2D eigenvalue weighted by Crippen LogP contribution is 2.40. The third kappa shape index (κ3) is 4.73. The lowest BCUT2D eigenvalue weighted by Gasteiger charge is -2.28. The Morgan fingerprint density at radius 1 is 1.12 bits per heavy atom. The fourth-order valence-corrected chi connectivity index (χ4v) is 5.18. The highest BCUT2D eigenvalue weighted by molar-refractivity contribution is 5.63. The van der Waals surface area contributed by atoms with E-state index in [1.165, 1.54) is 6.07 Å². The van der Waals surface area contributed by atoms with E-state index in [0.29, 0.717) is 37.4 Å². The van der Waals surface area contributed by atoms with Gasteiger partial charge in [-0.25, -0.2) is 0 Å². The summed E-state index contributed by atoms with van der Waals surface area (Å²) < 4.78 is 62.8. The molecular formula is C23H28F3N5O. The fraction of sp³-hybridized carbons (Fsp3) is 0.609. The van der Waals surface area contributed by atoms with Gasteiger partial charge in [-0.1, -0.05) is 0 Å². The molecule has 0 spiro atoms. The van der Waals surface area contributed by atoms with Gasteiger partial charge in [-0.15, -0.1) is 10.2 Å². The lowest BCUT2D eigenvalue weighted by molar-refractivity contribution is -0.137. The highest BCUT2D eigenvalue weighted by atomic mass is 19.4. The van der Waals surface area contributed by atoms with Crippen molar-refractivity contribution in [3.63, 3.8) is 0 Å². The molecular weight excluding hydrogens is 419 g/mol. The van der Waals surface area contributed by atoms with Crippen LogP contribution < -0.4 is 5.32 Å². The SMILES string of the molecule is [2H]C([2H])([C@@H]1CCCCO1)N1CC2CC(Nc3ccc(-c4cnccc4C(F)(F)F)nn3)CC2C1. The van der Waals surface area contributed by atoms with Crippen molar-refractivity contribution in [2.45, 2.75) is 50.4 Å². The summed E-state index contributed by atoms with van der Waals surface area (Å²) in [5.41, 5.74) is -0.762. The number of rotatable bonds is 5. The molecule has 1 N–H and O–H groups in total. The number of alkyl halides is 3. The molecule has 5 rings (SSSR count). The zero-order chi connectivity index (χ0) is 23.9. The summed E-state index contributed by atoms with van der Waals surface area (Å²) in [5.74, 6) is 1.32. The summed E-state index contributed by atoms with van der Waals surface area (Å²) in [7, 11) is 0. The molecule has 9 heteroatoms. The first-order valence-electron chi connectivity index (χ1n) is 12.2. The highest BCUT2D eigenvalue weighted by Gasteiger charge is 2.41. The lowest BCUT2D eigenvalue weighted by atomic mass is 10.0. The van der Waals surface area contributed by atoms with Gasteiger partial charge < -0.3 is 15.0 Å². The Kier molecular flexibility index (Phi) is 5.37. The molecule has 1 saturated carbocycles. The van der Waals surface area contributed by atoms with E-state index in [2.05, 4.69) is 20.5 Å². The van der Waals surface area contributed by atoms with E-state index in [-0.39, 0.29) is 23.4 Å². The summed E-state index contributed by atoms with van der Waals surface area (Å²) in [6.45, 7) is 0.606. The number of pyridine rings is 1. The van der Waals surface area contributed by atoms with Crippen LogP contribution in [0.1, 0.15) is 40.4 Å². The maximum Gasteiger partial charge on any atom is 0.417 e. The minimum Gasteiger partial charge on any atom is -0.377 e. The Labute approximate surface area is 188 Å². The Balaban J connectivity index is 1.19. The zero-order valence-electron chi connectivity index (χ0n) is 19.7. The van der Waals surface area contributed by atoms with Gasteiger partial charge in [-0.05, 0) is 62.1 Å². The Hall–Kier alpha value is -2.26. The van der Waals surface area contributed by atoms with Crippen molar-refractivity contribution >= 4 is 5.82 Å². The van der Waals surface area contributed by atoms with Crippen LogP contribution in [0.4, 0.5) is 19.0 Å². The molecule has 1 aliphatic carbocycles. The van der Waals surface area contributed by atoms with Crippen LogP contribution in [0.3, 0.4) is 0 Å². The normalized spacial score (nSPS) is 30.0. The summed E-state index contributed by atoms with van der Waals surface area (Å²) in [6.07, 6.45) is 1.98. The number of hydrogen-bond acceptors (Lipinski definition) is 6. The first kappa shape index (κ1) is 19.2. The van der Waals surface area contributed by atoms with E-state index in [0.717, 1.165) is 50.6 Å². The number of anilines is 1. The summed E-state index contributed by atoms with van der Waals surface area (Å²) in [6, 6.07) is 4.29. The summed E-state index contributed by atoms with van der Waals surface area (Å²) >= 11 is 0. The molecule has 3 fully saturated rings. The molecule has 3 aliphatic rings. The molecule has 0 aromatic carbocycles. The van der Waals surface area contributed by atoms with E-state index in [4.69, 9.17) is 7.48 Å². The van der Waals surface area contributed by atoms with E-state index < -0.39 is 18.2 Å². The van der Waals surface area contributed by atoms with Crippen LogP contribution in [0.15, 0.2) is 30.6 Å². The van der Waals surface area contributed by atoms with Crippen LogP contribution in [-0.4, -0.2) is 58.4 Å². The van der Waals surface area contributed by atoms with Crippen LogP contribution >= 0.6 is 0 Å². The van der Waals surface area contributed by atoms with Crippen molar-refractivity contribution in [3.05, 3.63) is 36.2 Å². The number of nitrogens with one attached hydrogen (secondary N) is 1. The quantitative estimate of drug-likeness (QED) is 0.737. The average Bonchev–Trinajstić information content (AvgIpc) is 3.39. The van der Waals surface area contributed by atoms with Gasteiger partial charge in [0.25, 0.3) is 0 Å². The van der Waals surface area contributed by atoms with Crippen LogP contribution in [0.2, 0.25) is 0 Å². The topological polar surface area (TPSA) is 63.2 Å². The van der Waals surface area contributed by atoms with Crippen molar-refractivity contribution in [1.82, 2.24) is 20.1 Å². The van der Waals surface area contributed by atoms with Crippen LogP contribution in [0.25, 0.3) is 11.3 Å². The smallest absolute Gasteiger partial charge is 0.377 e. The number of nitrogens with zero attached hydrogens (tertiary/aromatic N) is 4. The lowest BCUT2D eigenvalue weighted by Crippen LogP contribution is -2.35. The first-order valence-corrected chi connectivity index (χ1v) is 11.2. The van der Waals surface area contributed by atoms with Gasteiger partial charge in [0.1, 0.15) is 5.82 Å². The van der Waals surface area contributed by atoms with Crippen LogP contribution in [0, 0.1) is 11.8 Å². The second-order valence-electron chi connectivity index (χ2n) is 8.94. The van der Waals surface area contributed by atoms with Crippen LogP contribution in [-0.2, 0) is 10.9 Å². The monoisotopic (exact) mass is 449 g/mol. The maximum atomic E-state index is 13.3. The van der Waals surface area contributed by atoms with E-state index in [1.807, 2.05) is 4.90 Å². The minimum atomic E-state index is -4.49. The summed E-state index contributed by atoms with van der Waals surface area (Å²) in [4.78, 5) is 5.76. The zero-order valence-corrected chi connectivity index (χ0v) is 17.7. The van der Waals surface area contributed by atoms with E-state index in [1.54, 1.807) is 6.07 Å². The maximum absolute atomic E-state index is 13.3. The number of fused-ring (bicyclic) bond motifs is 1. The third-order valence-electron chi connectivity index (χ3n) is 6.68. The molecule has 3 atom stereocenters. The molecule has 2 unspecified atom stereocenters. The molecule has 172 valence electrons. The van der Waals surface area contributed by atoms with Crippen molar-refractivity contribution < 1.29 is 20.6 Å². The van der Waals surface area contributed by atoms with Gasteiger partial charge in [-0.2, -0.15) is 13.2 Å². The molecule has 0 amide bonds. The van der Waals surface area contributed by atoms with Gasteiger partial charge >= 0.3 is 6.18 Å². The van der Waals surface area contributed by atoms with E-state index in [9.17, 15) is 13.2 Å². The van der Waals surface area contributed by atoms with Crippen molar-refractivity contribution in [2.75, 3.05) is 31.5 Å². The number of halogens is 3. The molecule has 32 heavy (non-hydrogen) atoms. The average molecular weight is 450 g/mol. The van der Waals surface area contributed by atoms with Crippen LogP contribution in [0.5, 0.6) is 0 Å². The Morgan fingerprint density at radius 2 is 1.94 bits per heavy atom. The molecule has 2 aromatic heterocycles. The van der Waals surface area contributed by atoms with Gasteiger partial charge in [-0.3, -0.25) is 4.98 Å². The van der Waals surface area contributed by atoms with Crippen molar-refractivity contribution in [2.24, 2.45) is 11.8 Å². The molecule has 0 bridgehead atoms. The predicted octanol–water partition coefficient (Wildman–Crippen LogP) is 4.25. The first-order chi connectivity index (χ1) is 16.2. The molecule has 6 nitrogen and oxygen atoms in total. The number of ether oxygens (including phenoxy) is 1. The van der Waals surface area contributed by atoms with Crippen molar-refractivity contribution in [3.8, 4) is 11.3 Å². The molecule has 2 saturated heterocycles. The number of likely N-dealkylation sites (tertiary alicyclic amines) is 1. The molecule has 2 aromatic rings. The number of aromatic nitrogens is 3. The number of hydrogen-bond donors (Lipinski definition) is 1. The fourth-order valence-electron chi connectivity index (χ4n) is 5.18. The Bertz CT molecular complexity index is 987. The van der Waals surface area contributed by atoms with E-state index >= 15 is 0 Å². The van der Waals surface area contributed by atoms with Gasteiger partial charge in [0, 0.05) is 52.9 Å². The second kappa shape index (κ2) is 8.94. The third-order valence-corrected chi connectivity index (χ3v) is 6.68. The second-order valence-corrected chi connectivity index (χ2v) is 8.94. The molecule has 0 radical (unpaired) electrons. The minimum absolute atomic E-state index is 0.0965. The predicted molar refractivity (Wildman–Crippen MR) is 114 cm³/mol. The van der Waals surface area contributed by atoms with Crippen molar-refractivity contribution in [1.29, 1.82) is 0 Å². The molecule has 4 heterocycles. The summed E-state index contributed by atoms with van der Waals surface area (Å²) in [5, 5.41) is 11.5. The van der Waals surface area contributed by atoms with Gasteiger partial charge in [0.15, 0.2) is 0 Å². The standard InChI is InChI=1S/C23H28F3N5O/c24-23(25,26)20-6-7-27-11-19(20)21-4-5-22(30-29-21)28-17-9-15-12-31(13-16(15)10-17)14-18-3-1-2-8-32-18/h4-7,11,15-18H,1-3,8-10,12-14H2,(H,28,30)/t15?,16?,17?,18-/m0/s1/i14D2.